The fourth-order valence-electron chi connectivity index (χ4n) is 3.82. The minimum absolute atomic E-state index is 0.156. The van der Waals surface area contributed by atoms with Crippen molar-refractivity contribution in [2.45, 2.75) is 32.7 Å². The van der Waals surface area contributed by atoms with Crippen LogP contribution in [0.15, 0.2) is 35.0 Å². The van der Waals surface area contributed by atoms with Gasteiger partial charge < -0.3 is 19.7 Å². The number of nitrogens with one attached hydrogen (secondary N) is 4. The third-order valence-corrected chi connectivity index (χ3v) is 5.39. The zero-order chi connectivity index (χ0) is 23.5. The van der Waals surface area contributed by atoms with Crippen molar-refractivity contribution in [3.05, 3.63) is 64.9 Å². The second-order valence-corrected chi connectivity index (χ2v) is 7.70. The number of amides is 2. The lowest BCUT2D eigenvalue weighted by Gasteiger charge is -2.26. The molecule has 9 nitrogen and oxygen atoms in total. The molecular weight excluding hydrogens is 432 g/mol. The van der Waals surface area contributed by atoms with Gasteiger partial charge in [-0.2, -0.15) is 0 Å². The first-order valence-electron chi connectivity index (χ1n) is 10.4. The standard InChI is InChI=1S/C22H23F2N7O2/c1-12-21(13(2)33-30-12)29-22(32)28-20-11-26-19(27-20)8-7-18(25)31-9-3-4-17(31)15-10-14(23)5-6-16(15)24/h5-8,10-11,17,25H,3-4,9H2,1-2H3,(H,26,27)(H2,28,29,32)/b8-7-,25-18?. The van der Waals surface area contributed by atoms with E-state index < -0.39 is 23.7 Å². The Morgan fingerprint density at radius 1 is 1.33 bits per heavy atom. The first kappa shape index (κ1) is 22.2. The Morgan fingerprint density at radius 2 is 2.15 bits per heavy atom. The molecule has 172 valence electrons. The number of likely N-dealkylation sites (tertiary alicyclic amines) is 1. The molecule has 0 saturated carbocycles. The van der Waals surface area contributed by atoms with Gasteiger partial charge >= 0.3 is 6.03 Å². The van der Waals surface area contributed by atoms with Gasteiger partial charge in [0.25, 0.3) is 0 Å². The van der Waals surface area contributed by atoms with Gasteiger partial charge in [0.1, 0.15) is 40.5 Å². The molecule has 11 heteroatoms. The number of anilines is 2. The maximum atomic E-state index is 14.2. The average molecular weight is 455 g/mol. The molecule has 33 heavy (non-hydrogen) atoms. The van der Waals surface area contributed by atoms with E-state index in [-0.39, 0.29) is 11.4 Å². The third-order valence-electron chi connectivity index (χ3n) is 5.39. The molecule has 0 radical (unpaired) electrons. The highest BCUT2D eigenvalue weighted by Crippen LogP contribution is 2.34. The van der Waals surface area contributed by atoms with Crippen LogP contribution in [-0.4, -0.2) is 38.4 Å². The van der Waals surface area contributed by atoms with E-state index in [2.05, 4.69) is 25.8 Å². The smallest absolute Gasteiger partial charge is 0.324 e. The largest absolute Gasteiger partial charge is 0.359 e. The number of aryl methyl sites for hydroxylation is 2. The van der Waals surface area contributed by atoms with E-state index in [1.54, 1.807) is 24.8 Å². The van der Waals surface area contributed by atoms with Crippen LogP contribution in [0.2, 0.25) is 0 Å². The van der Waals surface area contributed by atoms with Crippen LogP contribution in [0.3, 0.4) is 0 Å². The summed E-state index contributed by atoms with van der Waals surface area (Å²) in [7, 11) is 0. The van der Waals surface area contributed by atoms with E-state index >= 15 is 0 Å². The van der Waals surface area contributed by atoms with Crippen LogP contribution in [0.1, 0.15) is 41.7 Å². The van der Waals surface area contributed by atoms with E-state index in [1.807, 2.05) is 0 Å². The molecule has 1 atom stereocenters. The molecule has 1 aliphatic heterocycles. The summed E-state index contributed by atoms with van der Waals surface area (Å²) in [5.41, 5.74) is 1.31. The quantitative estimate of drug-likeness (QED) is 0.326. The molecule has 2 amide bonds. The Kier molecular flexibility index (Phi) is 6.20. The molecule has 0 aliphatic carbocycles. The number of nitrogens with zero attached hydrogens (tertiary/aromatic N) is 3. The Morgan fingerprint density at radius 3 is 2.91 bits per heavy atom. The molecule has 4 rings (SSSR count). The van der Waals surface area contributed by atoms with Crippen LogP contribution in [0.5, 0.6) is 0 Å². The number of amidine groups is 1. The van der Waals surface area contributed by atoms with Crippen LogP contribution in [-0.2, 0) is 0 Å². The van der Waals surface area contributed by atoms with Crippen LogP contribution in [0.25, 0.3) is 6.08 Å². The minimum atomic E-state index is -0.505. The van der Waals surface area contributed by atoms with E-state index in [0.717, 1.165) is 18.6 Å². The lowest BCUT2D eigenvalue weighted by Crippen LogP contribution is -2.29. The van der Waals surface area contributed by atoms with Crippen LogP contribution in [0, 0.1) is 30.9 Å². The third kappa shape index (κ3) is 4.92. The summed E-state index contributed by atoms with van der Waals surface area (Å²) in [5.74, 6) is 0.429. The minimum Gasteiger partial charge on any atom is -0.359 e. The predicted molar refractivity (Wildman–Crippen MR) is 119 cm³/mol. The number of hydrogen-bond donors (Lipinski definition) is 4. The lowest BCUT2D eigenvalue weighted by atomic mass is 10.0. The summed E-state index contributed by atoms with van der Waals surface area (Å²) in [6.07, 6.45) is 5.95. The fourth-order valence-corrected chi connectivity index (χ4v) is 3.82. The molecule has 2 aromatic heterocycles. The number of benzene rings is 1. The molecule has 1 fully saturated rings. The highest BCUT2D eigenvalue weighted by molar-refractivity contribution is 6.00. The second-order valence-electron chi connectivity index (χ2n) is 7.70. The van der Waals surface area contributed by atoms with Crippen molar-refractivity contribution < 1.29 is 18.1 Å². The highest BCUT2D eigenvalue weighted by Gasteiger charge is 2.29. The van der Waals surface area contributed by atoms with Crippen molar-refractivity contribution in [3.63, 3.8) is 0 Å². The summed E-state index contributed by atoms with van der Waals surface area (Å²) in [4.78, 5) is 21.0. The molecular formula is C22H23F2N7O2. The molecule has 3 heterocycles. The SMILES string of the molecule is Cc1noc(C)c1NC(=O)Nc1cnc(/C=C\C(=N)N2CCCC2c2cc(F)ccc2F)[nH]1. The summed E-state index contributed by atoms with van der Waals surface area (Å²) in [6, 6.07) is 2.49. The second kappa shape index (κ2) is 9.23. The van der Waals surface area contributed by atoms with E-state index in [4.69, 9.17) is 9.93 Å². The summed E-state index contributed by atoms with van der Waals surface area (Å²) < 4.78 is 32.9. The van der Waals surface area contributed by atoms with Crippen molar-refractivity contribution in [1.29, 1.82) is 5.41 Å². The summed E-state index contributed by atoms with van der Waals surface area (Å²) in [5, 5.41) is 17.5. The zero-order valence-corrected chi connectivity index (χ0v) is 18.1. The van der Waals surface area contributed by atoms with Crippen LogP contribution in [0.4, 0.5) is 25.1 Å². The number of halogens is 2. The zero-order valence-electron chi connectivity index (χ0n) is 18.1. The molecule has 1 unspecified atom stereocenters. The van der Waals surface area contributed by atoms with Crippen molar-refractivity contribution in [1.82, 2.24) is 20.0 Å². The van der Waals surface area contributed by atoms with E-state index in [0.29, 0.717) is 41.7 Å². The van der Waals surface area contributed by atoms with E-state index in [1.165, 1.54) is 18.3 Å². The number of carbonyl (C=O) groups is 1. The fraction of sp³-hybridized carbons (Fsp3) is 0.273. The predicted octanol–water partition coefficient (Wildman–Crippen LogP) is 4.76. The Balaban J connectivity index is 1.39. The van der Waals surface area contributed by atoms with E-state index in [9.17, 15) is 13.6 Å². The van der Waals surface area contributed by atoms with Gasteiger partial charge in [0.05, 0.1) is 12.2 Å². The maximum absolute atomic E-state index is 14.2. The van der Waals surface area contributed by atoms with Crippen LogP contribution < -0.4 is 10.6 Å². The molecule has 4 N–H and O–H groups in total. The number of carbonyl (C=O) groups excluding carboxylic acids is 1. The number of aromatic amines is 1. The first-order chi connectivity index (χ1) is 15.8. The lowest BCUT2D eigenvalue weighted by molar-refractivity contribution is 0.262. The number of imidazole rings is 1. The number of H-pyrrole nitrogens is 1. The number of hydrogen-bond acceptors (Lipinski definition) is 5. The van der Waals surface area contributed by atoms with Gasteiger partial charge in [-0.25, -0.2) is 18.6 Å². The molecule has 3 aromatic rings. The normalized spacial score (nSPS) is 15.9. The van der Waals surface area contributed by atoms with Gasteiger partial charge in [-0.1, -0.05) is 5.16 Å². The molecule has 1 aromatic carbocycles. The van der Waals surface area contributed by atoms with Gasteiger partial charge in [-0.3, -0.25) is 10.7 Å². The van der Waals surface area contributed by atoms with Crippen molar-refractivity contribution in [3.8, 4) is 0 Å². The topological polar surface area (TPSA) is 123 Å². The summed E-state index contributed by atoms with van der Waals surface area (Å²) in [6.45, 7) is 3.97. The summed E-state index contributed by atoms with van der Waals surface area (Å²) >= 11 is 0. The van der Waals surface area contributed by atoms with Gasteiger partial charge in [0.15, 0.2) is 5.76 Å². The van der Waals surface area contributed by atoms with Crippen molar-refractivity contribution >= 4 is 29.4 Å². The first-order valence-corrected chi connectivity index (χ1v) is 10.4. The van der Waals surface area contributed by atoms with Gasteiger partial charge in [-0.15, -0.1) is 0 Å². The Hall–Kier alpha value is -4.02. The Bertz CT molecular complexity index is 1200. The monoisotopic (exact) mass is 455 g/mol. The average Bonchev–Trinajstić information content (AvgIpc) is 3.51. The highest BCUT2D eigenvalue weighted by atomic mass is 19.1. The van der Waals surface area contributed by atoms with Gasteiger partial charge in [-0.05, 0) is 57.0 Å². The molecule has 1 aliphatic rings. The number of urea groups is 1. The van der Waals surface area contributed by atoms with Crippen molar-refractivity contribution in [2.24, 2.45) is 0 Å². The Labute approximate surface area is 188 Å². The number of rotatable bonds is 5. The van der Waals surface area contributed by atoms with Crippen LogP contribution >= 0.6 is 0 Å². The molecule has 1 saturated heterocycles. The molecule has 0 bridgehead atoms. The van der Waals surface area contributed by atoms with Crippen molar-refractivity contribution in [2.75, 3.05) is 17.2 Å². The number of aromatic nitrogens is 3. The van der Waals surface area contributed by atoms with Gasteiger partial charge in [0, 0.05) is 12.1 Å². The maximum Gasteiger partial charge on any atom is 0.324 e. The molecule has 0 spiro atoms. The van der Waals surface area contributed by atoms with Gasteiger partial charge in [0.2, 0.25) is 0 Å².